The number of carboxylic acids is 1. The van der Waals surface area contributed by atoms with E-state index in [1.165, 1.54) is 12.1 Å². The molecule has 0 saturated carbocycles. The molecule has 142 valence electrons. The quantitative estimate of drug-likeness (QED) is 0.674. The number of carbonyl (C=O) groups is 2. The van der Waals surface area contributed by atoms with Crippen molar-refractivity contribution in [3.05, 3.63) is 107 Å². The Morgan fingerprint density at radius 2 is 1.69 bits per heavy atom. The lowest BCUT2D eigenvalue weighted by molar-refractivity contribution is -0.113. The molecule has 0 unspecified atom stereocenters. The summed E-state index contributed by atoms with van der Waals surface area (Å²) in [5.41, 5.74) is 3.87. The summed E-state index contributed by atoms with van der Waals surface area (Å²) in [6.07, 6.45) is 1.67. The molecule has 1 N–H and O–H groups in total. The summed E-state index contributed by atoms with van der Waals surface area (Å²) in [5, 5.41) is 9.05. The number of carbonyl (C=O) groups excluding carboxylic acids is 1. The Hall–Kier alpha value is -3.99. The van der Waals surface area contributed by atoms with Crippen LogP contribution < -0.4 is 4.90 Å². The molecule has 0 atom stereocenters. The fourth-order valence-electron chi connectivity index (χ4n) is 3.19. The van der Waals surface area contributed by atoms with Gasteiger partial charge in [-0.05, 0) is 48.9 Å². The van der Waals surface area contributed by atoms with Crippen LogP contribution in [-0.4, -0.2) is 22.8 Å². The van der Waals surface area contributed by atoms with Crippen LogP contribution in [0.4, 0.5) is 5.69 Å². The number of amides is 1. The maximum atomic E-state index is 13.2. The van der Waals surface area contributed by atoms with Crippen LogP contribution in [0.15, 0.2) is 89.6 Å². The van der Waals surface area contributed by atoms with Crippen LogP contribution in [0.1, 0.15) is 27.0 Å². The van der Waals surface area contributed by atoms with Gasteiger partial charge < -0.3 is 5.11 Å². The van der Waals surface area contributed by atoms with Crippen LogP contribution in [0, 0.1) is 6.92 Å². The van der Waals surface area contributed by atoms with Crippen molar-refractivity contribution in [2.45, 2.75) is 6.92 Å². The second-order valence-corrected chi connectivity index (χ2v) is 6.74. The third-order valence-corrected chi connectivity index (χ3v) is 4.61. The third kappa shape index (κ3) is 3.71. The van der Waals surface area contributed by atoms with Gasteiger partial charge in [-0.1, -0.05) is 54.1 Å². The minimum Gasteiger partial charge on any atom is -0.478 e. The van der Waals surface area contributed by atoms with Crippen molar-refractivity contribution in [1.29, 1.82) is 0 Å². The minimum atomic E-state index is -0.990. The zero-order valence-electron chi connectivity index (χ0n) is 15.7. The molecule has 0 aliphatic carbocycles. The molecule has 4 rings (SSSR count). The minimum absolute atomic E-state index is 0.194. The lowest BCUT2D eigenvalue weighted by Gasteiger charge is -2.18. The first kappa shape index (κ1) is 18.4. The Morgan fingerprint density at radius 3 is 2.34 bits per heavy atom. The number of aromatic carboxylic acids is 1. The molecule has 0 bridgehead atoms. The molecule has 5 heteroatoms. The largest absolute Gasteiger partial charge is 0.478 e. The second-order valence-electron chi connectivity index (χ2n) is 6.74. The first-order valence-corrected chi connectivity index (χ1v) is 9.13. The van der Waals surface area contributed by atoms with E-state index in [1.807, 2.05) is 61.5 Å². The molecule has 1 aliphatic rings. The molecule has 1 heterocycles. The van der Waals surface area contributed by atoms with Gasteiger partial charge in [-0.3, -0.25) is 9.69 Å². The van der Waals surface area contributed by atoms with Crippen LogP contribution in [0.3, 0.4) is 0 Å². The highest BCUT2D eigenvalue weighted by Crippen LogP contribution is 2.28. The van der Waals surface area contributed by atoms with Crippen molar-refractivity contribution >= 4 is 29.5 Å². The molecule has 0 spiro atoms. The van der Waals surface area contributed by atoms with E-state index in [4.69, 9.17) is 5.11 Å². The molecule has 5 nitrogen and oxygen atoms in total. The number of benzene rings is 3. The standard InChI is InChI=1S/C24H18N2O3/c1-16-6-5-7-19(14-16)22-25-21(15-17-10-12-18(13-11-17)24(28)29)23(27)26(22)20-8-3-2-4-9-20/h2-15H,1H3,(H,28,29)/b21-15+. The number of carboxylic acid groups (broad SMARTS) is 1. The highest BCUT2D eigenvalue weighted by Gasteiger charge is 2.32. The van der Waals surface area contributed by atoms with Crippen molar-refractivity contribution in [2.75, 3.05) is 4.90 Å². The third-order valence-electron chi connectivity index (χ3n) is 4.61. The van der Waals surface area contributed by atoms with E-state index in [-0.39, 0.29) is 11.5 Å². The van der Waals surface area contributed by atoms with Crippen LogP contribution in [0.2, 0.25) is 0 Å². The number of amidine groups is 1. The normalized spacial score (nSPS) is 14.9. The summed E-state index contributed by atoms with van der Waals surface area (Å²) >= 11 is 0. The molecular formula is C24H18N2O3. The van der Waals surface area contributed by atoms with Gasteiger partial charge in [0, 0.05) is 5.56 Å². The topological polar surface area (TPSA) is 70.0 Å². The van der Waals surface area contributed by atoms with E-state index in [0.29, 0.717) is 17.1 Å². The van der Waals surface area contributed by atoms with E-state index in [1.54, 1.807) is 23.1 Å². The second kappa shape index (κ2) is 7.56. The highest BCUT2D eigenvalue weighted by molar-refractivity contribution is 6.33. The van der Waals surface area contributed by atoms with Gasteiger partial charge in [-0.15, -0.1) is 0 Å². The van der Waals surface area contributed by atoms with Gasteiger partial charge in [-0.25, -0.2) is 9.79 Å². The van der Waals surface area contributed by atoms with E-state index in [2.05, 4.69) is 4.99 Å². The van der Waals surface area contributed by atoms with Crippen molar-refractivity contribution < 1.29 is 14.7 Å². The maximum Gasteiger partial charge on any atom is 0.335 e. The molecule has 0 saturated heterocycles. The SMILES string of the molecule is Cc1cccc(C2=N/C(=C/c3ccc(C(=O)O)cc3)C(=O)N2c2ccccc2)c1. The van der Waals surface area contributed by atoms with Gasteiger partial charge in [0.15, 0.2) is 0 Å². The number of nitrogens with zero attached hydrogens (tertiary/aromatic N) is 2. The number of para-hydroxylation sites is 1. The molecule has 0 fully saturated rings. The summed E-state index contributed by atoms with van der Waals surface area (Å²) in [7, 11) is 0. The number of hydrogen-bond donors (Lipinski definition) is 1. The highest BCUT2D eigenvalue weighted by atomic mass is 16.4. The number of hydrogen-bond acceptors (Lipinski definition) is 3. The molecule has 1 amide bonds. The lowest BCUT2D eigenvalue weighted by atomic mass is 10.1. The van der Waals surface area contributed by atoms with Crippen LogP contribution >= 0.6 is 0 Å². The summed E-state index contributed by atoms with van der Waals surface area (Å²) in [4.78, 5) is 30.5. The zero-order chi connectivity index (χ0) is 20.4. The molecule has 3 aromatic carbocycles. The number of anilines is 1. The zero-order valence-corrected chi connectivity index (χ0v) is 15.7. The Kier molecular flexibility index (Phi) is 4.79. The van der Waals surface area contributed by atoms with Gasteiger partial charge in [-0.2, -0.15) is 0 Å². The number of aliphatic imine (C=N–C) groups is 1. The van der Waals surface area contributed by atoms with Gasteiger partial charge in [0.1, 0.15) is 11.5 Å². The van der Waals surface area contributed by atoms with Crippen molar-refractivity contribution in [2.24, 2.45) is 4.99 Å². The first-order chi connectivity index (χ1) is 14.0. The van der Waals surface area contributed by atoms with Gasteiger partial charge in [0.2, 0.25) is 0 Å². The fraction of sp³-hybridized carbons (Fsp3) is 0.0417. The Morgan fingerprint density at radius 1 is 0.966 bits per heavy atom. The first-order valence-electron chi connectivity index (χ1n) is 9.13. The predicted octanol–water partition coefficient (Wildman–Crippen LogP) is 4.53. The Labute approximate surface area is 168 Å². The molecular weight excluding hydrogens is 364 g/mol. The maximum absolute atomic E-state index is 13.2. The van der Waals surface area contributed by atoms with Crippen LogP contribution in [-0.2, 0) is 4.79 Å². The number of aryl methyl sites for hydroxylation is 1. The van der Waals surface area contributed by atoms with Crippen molar-refractivity contribution in [3.8, 4) is 0 Å². The van der Waals surface area contributed by atoms with E-state index in [0.717, 1.165) is 16.8 Å². The fourth-order valence-corrected chi connectivity index (χ4v) is 3.19. The molecule has 1 aliphatic heterocycles. The van der Waals surface area contributed by atoms with Crippen molar-refractivity contribution in [3.63, 3.8) is 0 Å². The van der Waals surface area contributed by atoms with Crippen molar-refractivity contribution in [1.82, 2.24) is 0 Å². The van der Waals surface area contributed by atoms with E-state index in [9.17, 15) is 9.59 Å². The molecule has 0 radical (unpaired) electrons. The predicted molar refractivity (Wildman–Crippen MR) is 113 cm³/mol. The average molecular weight is 382 g/mol. The summed E-state index contributed by atoms with van der Waals surface area (Å²) in [6, 6.07) is 23.6. The van der Waals surface area contributed by atoms with E-state index < -0.39 is 5.97 Å². The Bertz CT molecular complexity index is 1150. The monoisotopic (exact) mass is 382 g/mol. The van der Waals surface area contributed by atoms with Gasteiger partial charge in [0.05, 0.1) is 11.3 Å². The van der Waals surface area contributed by atoms with E-state index >= 15 is 0 Å². The lowest BCUT2D eigenvalue weighted by Crippen LogP contribution is -2.32. The molecule has 29 heavy (non-hydrogen) atoms. The summed E-state index contributed by atoms with van der Waals surface area (Å²) < 4.78 is 0. The van der Waals surface area contributed by atoms with Gasteiger partial charge in [0.25, 0.3) is 5.91 Å². The molecule has 3 aromatic rings. The van der Waals surface area contributed by atoms with Crippen LogP contribution in [0.25, 0.3) is 6.08 Å². The van der Waals surface area contributed by atoms with Gasteiger partial charge >= 0.3 is 5.97 Å². The van der Waals surface area contributed by atoms with Crippen LogP contribution in [0.5, 0.6) is 0 Å². The smallest absolute Gasteiger partial charge is 0.335 e. The summed E-state index contributed by atoms with van der Waals surface area (Å²) in [6.45, 7) is 1.99. The summed E-state index contributed by atoms with van der Waals surface area (Å²) in [5.74, 6) is -0.649. The molecule has 0 aromatic heterocycles. The Balaban J connectivity index is 1.79. The average Bonchev–Trinajstić information content (AvgIpc) is 3.05. The number of rotatable bonds is 4.